The predicted octanol–water partition coefficient (Wildman–Crippen LogP) is 6.97. The molecule has 270 valence electrons. The standard InChI is InChI=1S/C39H41Cl2N7O4/c1-22-30(20-42-19-25-9-10-34(49)45-25)33(52-2)18-32(44-22)29-7-3-5-27(35(29)40)28-6-4-8-31(36(28)41)47-38-37-24(11-14-43-38)17-26(46-37)21-48-15-12-23(13-16-48)39(50)51/h3-8,11,14,18,23,25,42H,9-10,12-13,15-17,19-21H2,1-2H3,(H,43,47)(H,45,49)(H,50,51)/t25-/m0/s1. The Labute approximate surface area is 312 Å². The predicted molar refractivity (Wildman–Crippen MR) is 204 cm³/mol. The first-order valence-corrected chi connectivity index (χ1v) is 18.3. The number of piperidine rings is 1. The minimum atomic E-state index is -0.707. The van der Waals surface area contributed by atoms with Gasteiger partial charge in [0.1, 0.15) is 11.4 Å². The van der Waals surface area contributed by atoms with Crippen molar-refractivity contribution in [3.63, 3.8) is 0 Å². The molecule has 2 aromatic carbocycles. The molecule has 2 aromatic heterocycles. The van der Waals surface area contributed by atoms with Crippen LogP contribution in [0.3, 0.4) is 0 Å². The van der Waals surface area contributed by atoms with Crippen LogP contribution in [-0.2, 0) is 22.6 Å². The van der Waals surface area contributed by atoms with Crippen molar-refractivity contribution in [1.82, 2.24) is 25.5 Å². The number of aliphatic imine (C=N–C) groups is 1. The number of halogens is 2. The Morgan fingerprint density at radius 2 is 1.81 bits per heavy atom. The Bertz CT molecular complexity index is 2050. The third kappa shape index (κ3) is 7.64. The number of benzene rings is 2. The van der Waals surface area contributed by atoms with Crippen molar-refractivity contribution in [2.75, 3.05) is 38.6 Å². The lowest BCUT2D eigenvalue weighted by Gasteiger charge is -2.29. The first-order chi connectivity index (χ1) is 25.2. The van der Waals surface area contributed by atoms with Gasteiger partial charge in [-0.2, -0.15) is 0 Å². The molecule has 1 atom stereocenters. The van der Waals surface area contributed by atoms with Crippen molar-refractivity contribution in [2.45, 2.75) is 51.6 Å². The first kappa shape index (κ1) is 35.8. The fraction of sp³-hybridized carbons (Fsp3) is 0.359. The zero-order valence-electron chi connectivity index (χ0n) is 29.1. The monoisotopic (exact) mass is 741 g/mol. The van der Waals surface area contributed by atoms with Gasteiger partial charge in [-0.1, -0.05) is 53.5 Å². The van der Waals surface area contributed by atoms with Crippen molar-refractivity contribution in [2.24, 2.45) is 10.9 Å². The number of carbonyl (C=O) groups excluding carboxylic acids is 1. The summed E-state index contributed by atoms with van der Waals surface area (Å²) in [7, 11) is 1.64. The number of aryl methyl sites for hydroxylation is 1. The SMILES string of the molecule is COc1cc(-c2cccc(-c3cccc(Nc4nccc5c4N=C(CN4CCC(C(=O)O)CC4)C5)c3Cl)c2Cl)nc(C)c1CNC[C@@H]1CCC(=O)N1. The smallest absolute Gasteiger partial charge is 0.306 e. The normalized spacial score (nSPS) is 17.5. The van der Waals surface area contributed by atoms with Gasteiger partial charge in [0, 0.05) is 84.4 Å². The summed E-state index contributed by atoms with van der Waals surface area (Å²) in [6, 6.07) is 15.6. The Kier molecular flexibility index (Phi) is 10.7. The summed E-state index contributed by atoms with van der Waals surface area (Å²) in [5.74, 6) is 0.444. The molecule has 52 heavy (non-hydrogen) atoms. The van der Waals surface area contributed by atoms with Gasteiger partial charge in [0.15, 0.2) is 5.82 Å². The molecule has 3 aliphatic rings. The van der Waals surface area contributed by atoms with Gasteiger partial charge in [0.05, 0.1) is 34.5 Å². The average Bonchev–Trinajstić information content (AvgIpc) is 3.75. The number of methoxy groups -OCH3 is 1. The molecular formula is C39H41Cl2N7O4. The van der Waals surface area contributed by atoms with E-state index in [0.717, 1.165) is 70.8 Å². The number of aromatic nitrogens is 2. The van der Waals surface area contributed by atoms with E-state index in [0.29, 0.717) is 71.9 Å². The number of carboxylic acids is 1. The lowest BCUT2D eigenvalue weighted by atomic mass is 9.97. The van der Waals surface area contributed by atoms with Gasteiger partial charge in [-0.05, 0) is 57.0 Å². The van der Waals surface area contributed by atoms with E-state index in [9.17, 15) is 14.7 Å². The zero-order chi connectivity index (χ0) is 36.4. The lowest BCUT2D eigenvalue weighted by molar-refractivity contribution is -0.143. The summed E-state index contributed by atoms with van der Waals surface area (Å²) in [5.41, 5.74) is 8.29. The fourth-order valence-corrected chi connectivity index (χ4v) is 7.87. The summed E-state index contributed by atoms with van der Waals surface area (Å²) >= 11 is 14.2. The number of carbonyl (C=O) groups is 2. The van der Waals surface area contributed by atoms with Gasteiger partial charge in [-0.3, -0.25) is 24.5 Å². The molecule has 0 saturated carbocycles. The van der Waals surface area contributed by atoms with Crippen LogP contribution in [0.15, 0.2) is 59.7 Å². The van der Waals surface area contributed by atoms with Gasteiger partial charge in [-0.15, -0.1) is 0 Å². The molecule has 0 radical (unpaired) electrons. The van der Waals surface area contributed by atoms with E-state index in [1.54, 1.807) is 13.3 Å². The van der Waals surface area contributed by atoms with Gasteiger partial charge < -0.3 is 25.8 Å². The second kappa shape index (κ2) is 15.6. The third-order valence-electron chi connectivity index (χ3n) is 10.1. The van der Waals surface area contributed by atoms with E-state index in [-0.39, 0.29) is 17.9 Å². The Morgan fingerprint density at radius 1 is 1.06 bits per heavy atom. The molecule has 4 N–H and O–H groups in total. The van der Waals surface area contributed by atoms with E-state index in [1.165, 1.54) is 0 Å². The Hall–Kier alpha value is -4.55. The maximum atomic E-state index is 11.6. The highest BCUT2D eigenvalue weighted by Gasteiger charge is 2.27. The molecule has 0 unspecified atom stereocenters. The number of fused-ring (bicyclic) bond motifs is 1. The molecule has 13 heteroatoms. The molecule has 0 aliphatic carbocycles. The molecule has 0 bridgehead atoms. The summed E-state index contributed by atoms with van der Waals surface area (Å²) < 4.78 is 5.80. The number of hydrogen-bond acceptors (Lipinski definition) is 9. The lowest BCUT2D eigenvalue weighted by Crippen LogP contribution is -2.39. The number of rotatable bonds is 12. The minimum absolute atomic E-state index is 0.0972. The van der Waals surface area contributed by atoms with Crippen molar-refractivity contribution >= 4 is 58.0 Å². The van der Waals surface area contributed by atoms with Gasteiger partial charge in [-0.25, -0.2) is 4.98 Å². The van der Waals surface area contributed by atoms with E-state index in [4.69, 9.17) is 37.9 Å². The number of hydrogen-bond donors (Lipinski definition) is 4. The largest absolute Gasteiger partial charge is 0.496 e. The quantitative estimate of drug-likeness (QED) is 0.121. The van der Waals surface area contributed by atoms with Crippen LogP contribution in [-0.4, -0.2) is 76.9 Å². The number of carboxylic acid groups (broad SMARTS) is 1. The van der Waals surface area contributed by atoms with Crippen molar-refractivity contribution in [1.29, 1.82) is 0 Å². The number of nitrogens with zero attached hydrogens (tertiary/aromatic N) is 4. The fourth-order valence-electron chi connectivity index (χ4n) is 7.27. The molecule has 1 amide bonds. The van der Waals surface area contributed by atoms with Crippen LogP contribution < -0.4 is 20.7 Å². The van der Waals surface area contributed by atoms with Gasteiger partial charge in [0.2, 0.25) is 5.91 Å². The van der Waals surface area contributed by atoms with Crippen molar-refractivity contribution in [3.8, 4) is 28.1 Å². The minimum Gasteiger partial charge on any atom is -0.496 e. The zero-order valence-corrected chi connectivity index (χ0v) is 30.7. The molecular weight excluding hydrogens is 701 g/mol. The highest BCUT2D eigenvalue weighted by Crippen LogP contribution is 2.43. The number of nitrogens with one attached hydrogen (secondary N) is 3. The summed E-state index contributed by atoms with van der Waals surface area (Å²) in [6.45, 7) is 5.38. The number of likely N-dealkylation sites (tertiary alicyclic amines) is 1. The number of ether oxygens (including phenoxy) is 1. The number of anilines is 2. The maximum Gasteiger partial charge on any atom is 0.306 e. The topological polar surface area (TPSA) is 141 Å². The van der Waals surface area contributed by atoms with Crippen LogP contribution in [0.25, 0.3) is 22.4 Å². The molecule has 7 rings (SSSR count). The van der Waals surface area contributed by atoms with E-state index < -0.39 is 5.97 Å². The summed E-state index contributed by atoms with van der Waals surface area (Å²) in [6.07, 6.45) is 5.21. The molecule has 4 aromatic rings. The second-order valence-electron chi connectivity index (χ2n) is 13.6. The Morgan fingerprint density at radius 3 is 2.54 bits per heavy atom. The van der Waals surface area contributed by atoms with Crippen molar-refractivity contribution in [3.05, 3.63) is 81.6 Å². The molecule has 11 nitrogen and oxygen atoms in total. The van der Waals surface area contributed by atoms with Crippen LogP contribution >= 0.6 is 23.2 Å². The van der Waals surface area contributed by atoms with Crippen molar-refractivity contribution < 1.29 is 19.4 Å². The molecule has 3 aliphatic heterocycles. The molecule has 0 spiro atoms. The van der Waals surface area contributed by atoms with Crippen LogP contribution in [0.5, 0.6) is 5.75 Å². The summed E-state index contributed by atoms with van der Waals surface area (Å²) in [5, 5.41) is 20.2. The highest BCUT2D eigenvalue weighted by molar-refractivity contribution is 6.39. The Balaban J connectivity index is 1.09. The maximum absolute atomic E-state index is 11.6. The van der Waals surface area contributed by atoms with Gasteiger partial charge in [0.25, 0.3) is 0 Å². The van der Waals surface area contributed by atoms with E-state index in [2.05, 4.69) is 25.8 Å². The van der Waals surface area contributed by atoms with Crippen LogP contribution in [0.4, 0.5) is 17.2 Å². The van der Waals surface area contributed by atoms with Crippen LogP contribution in [0, 0.1) is 12.8 Å². The number of aliphatic carboxylic acids is 1. The van der Waals surface area contributed by atoms with E-state index >= 15 is 0 Å². The van der Waals surface area contributed by atoms with Gasteiger partial charge >= 0.3 is 5.97 Å². The number of amides is 1. The number of pyridine rings is 2. The summed E-state index contributed by atoms with van der Waals surface area (Å²) in [4.78, 5) is 39.7. The molecule has 2 fully saturated rings. The average molecular weight is 743 g/mol. The molecule has 2 saturated heterocycles. The molecule has 5 heterocycles. The third-order valence-corrected chi connectivity index (χ3v) is 10.9. The first-order valence-electron chi connectivity index (χ1n) is 17.6. The second-order valence-corrected chi connectivity index (χ2v) is 14.3. The van der Waals surface area contributed by atoms with Crippen LogP contribution in [0.2, 0.25) is 10.0 Å². The van der Waals surface area contributed by atoms with E-state index in [1.807, 2.05) is 55.5 Å². The van der Waals surface area contributed by atoms with Crippen LogP contribution in [0.1, 0.15) is 42.5 Å². The highest BCUT2D eigenvalue weighted by atomic mass is 35.5.